The fourth-order valence-electron chi connectivity index (χ4n) is 3.04. The van der Waals surface area contributed by atoms with Crippen molar-refractivity contribution in [2.45, 2.75) is 27.2 Å². The van der Waals surface area contributed by atoms with Crippen LogP contribution in [0.2, 0.25) is 0 Å². The second kappa shape index (κ2) is 8.40. The monoisotopic (exact) mass is 290 g/mol. The highest BCUT2D eigenvalue weighted by atomic mass is 16.5. The molecular formula is C18H30N2O. The fraction of sp³-hybridized carbons (Fsp3) is 0.667. The lowest BCUT2D eigenvalue weighted by Crippen LogP contribution is -2.47. The molecule has 0 aliphatic carbocycles. The molecule has 3 rings (SSSR count). The first-order valence-electron chi connectivity index (χ1n) is 8.43. The smallest absolute Gasteiger partial charge is 0.0507 e. The molecule has 0 radical (unpaired) electrons. The summed E-state index contributed by atoms with van der Waals surface area (Å²) in [5.74, 6) is 0.769. The van der Waals surface area contributed by atoms with E-state index in [1.54, 1.807) is 0 Å². The van der Waals surface area contributed by atoms with E-state index in [2.05, 4.69) is 41.0 Å². The van der Waals surface area contributed by atoms with Crippen LogP contribution < -0.4 is 4.90 Å². The molecule has 1 aromatic carbocycles. The molecule has 2 heterocycles. The number of ether oxygens (including phenoxy) is 1. The Hall–Kier alpha value is -1.06. The average molecular weight is 290 g/mol. The van der Waals surface area contributed by atoms with Gasteiger partial charge in [-0.05, 0) is 31.4 Å². The zero-order valence-corrected chi connectivity index (χ0v) is 13.8. The van der Waals surface area contributed by atoms with Crippen LogP contribution in [0.15, 0.2) is 24.3 Å². The molecule has 0 aromatic heterocycles. The second-order valence-corrected chi connectivity index (χ2v) is 5.85. The van der Waals surface area contributed by atoms with Gasteiger partial charge in [-0.3, -0.25) is 4.90 Å². The Labute approximate surface area is 129 Å². The largest absolute Gasteiger partial charge is 0.381 e. The third-order valence-electron chi connectivity index (χ3n) is 4.31. The minimum absolute atomic E-state index is 0.769. The van der Waals surface area contributed by atoms with E-state index in [0.717, 1.165) is 32.2 Å². The van der Waals surface area contributed by atoms with Gasteiger partial charge in [-0.1, -0.05) is 31.5 Å². The predicted molar refractivity (Wildman–Crippen MR) is 90.1 cm³/mol. The number of rotatable bonds is 3. The van der Waals surface area contributed by atoms with Crippen molar-refractivity contribution in [1.29, 1.82) is 0 Å². The van der Waals surface area contributed by atoms with Crippen molar-refractivity contribution in [1.82, 2.24) is 4.90 Å². The number of aryl methyl sites for hydroxylation is 1. The Morgan fingerprint density at radius 1 is 1.05 bits per heavy atom. The molecule has 2 aliphatic rings. The van der Waals surface area contributed by atoms with Crippen LogP contribution in [-0.4, -0.2) is 50.8 Å². The molecule has 0 bridgehead atoms. The van der Waals surface area contributed by atoms with E-state index in [9.17, 15) is 0 Å². The van der Waals surface area contributed by atoms with Crippen molar-refractivity contribution >= 4 is 5.69 Å². The van der Waals surface area contributed by atoms with Crippen LogP contribution in [-0.2, 0) is 4.74 Å². The van der Waals surface area contributed by atoms with E-state index < -0.39 is 0 Å². The molecule has 21 heavy (non-hydrogen) atoms. The SMILES string of the molecule is CC.Cc1ccc(N2CCN(CC3CCOC3)CC2)cc1. The predicted octanol–water partition coefficient (Wildman–Crippen LogP) is 3.18. The quantitative estimate of drug-likeness (QED) is 0.850. The molecule has 1 atom stereocenters. The first-order chi connectivity index (χ1) is 10.3. The van der Waals surface area contributed by atoms with Crippen LogP contribution in [0, 0.1) is 12.8 Å². The third-order valence-corrected chi connectivity index (χ3v) is 4.31. The summed E-state index contributed by atoms with van der Waals surface area (Å²) in [6.45, 7) is 14.0. The van der Waals surface area contributed by atoms with Gasteiger partial charge in [0.25, 0.3) is 0 Å². The molecule has 0 N–H and O–H groups in total. The van der Waals surface area contributed by atoms with Gasteiger partial charge in [0.05, 0.1) is 6.61 Å². The van der Waals surface area contributed by atoms with Crippen LogP contribution in [0.1, 0.15) is 25.8 Å². The molecule has 0 saturated carbocycles. The molecule has 118 valence electrons. The van der Waals surface area contributed by atoms with Gasteiger partial charge in [0, 0.05) is 45.0 Å². The minimum Gasteiger partial charge on any atom is -0.381 e. The van der Waals surface area contributed by atoms with Gasteiger partial charge in [0.2, 0.25) is 0 Å². The Morgan fingerprint density at radius 3 is 2.29 bits per heavy atom. The van der Waals surface area contributed by atoms with E-state index in [0.29, 0.717) is 0 Å². The Bertz CT molecular complexity index is 390. The first kappa shape index (κ1) is 16.3. The third kappa shape index (κ3) is 4.72. The number of nitrogens with zero attached hydrogens (tertiary/aromatic N) is 2. The van der Waals surface area contributed by atoms with Crippen LogP contribution in [0.3, 0.4) is 0 Å². The standard InChI is InChI=1S/C16H24N2O.C2H6/c1-14-2-4-16(5-3-14)18-9-7-17(8-10-18)12-15-6-11-19-13-15;1-2/h2-5,15H,6-13H2,1H3;1-2H3. The van der Waals surface area contributed by atoms with Gasteiger partial charge in [0.15, 0.2) is 0 Å². The van der Waals surface area contributed by atoms with Crippen LogP contribution in [0.5, 0.6) is 0 Å². The highest BCUT2D eigenvalue weighted by molar-refractivity contribution is 5.47. The van der Waals surface area contributed by atoms with Gasteiger partial charge >= 0.3 is 0 Å². The number of anilines is 1. The molecule has 2 fully saturated rings. The van der Waals surface area contributed by atoms with Crippen molar-refractivity contribution in [2.24, 2.45) is 5.92 Å². The molecule has 3 heteroatoms. The zero-order valence-electron chi connectivity index (χ0n) is 13.8. The van der Waals surface area contributed by atoms with E-state index in [-0.39, 0.29) is 0 Å². The van der Waals surface area contributed by atoms with Crippen molar-refractivity contribution in [3.63, 3.8) is 0 Å². The fourth-order valence-corrected chi connectivity index (χ4v) is 3.04. The lowest BCUT2D eigenvalue weighted by Gasteiger charge is -2.37. The van der Waals surface area contributed by atoms with Gasteiger partial charge < -0.3 is 9.64 Å². The number of hydrogen-bond acceptors (Lipinski definition) is 3. The van der Waals surface area contributed by atoms with Gasteiger partial charge in [-0.15, -0.1) is 0 Å². The van der Waals surface area contributed by atoms with Crippen molar-refractivity contribution in [2.75, 3.05) is 50.8 Å². The number of hydrogen-bond donors (Lipinski definition) is 0. The topological polar surface area (TPSA) is 15.7 Å². The summed E-state index contributed by atoms with van der Waals surface area (Å²) in [5.41, 5.74) is 2.71. The van der Waals surface area contributed by atoms with E-state index >= 15 is 0 Å². The summed E-state index contributed by atoms with van der Waals surface area (Å²) in [4.78, 5) is 5.10. The molecule has 0 spiro atoms. The molecule has 1 unspecified atom stereocenters. The highest BCUT2D eigenvalue weighted by Gasteiger charge is 2.22. The number of piperazine rings is 1. The van der Waals surface area contributed by atoms with Crippen molar-refractivity contribution in [3.8, 4) is 0 Å². The van der Waals surface area contributed by atoms with E-state index in [4.69, 9.17) is 4.74 Å². The van der Waals surface area contributed by atoms with Crippen molar-refractivity contribution in [3.05, 3.63) is 29.8 Å². The molecular weight excluding hydrogens is 260 g/mol. The maximum Gasteiger partial charge on any atom is 0.0507 e. The molecule has 1 aromatic rings. The summed E-state index contributed by atoms with van der Waals surface area (Å²) in [6.07, 6.45) is 1.25. The maximum atomic E-state index is 5.46. The van der Waals surface area contributed by atoms with Crippen LogP contribution in [0.4, 0.5) is 5.69 Å². The molecule has 2 saturated heterocycles. The van der Waals surface area contributed by atoms with Crippen LogP contribution in [0.25, 0.3) is 0 Å². The van der Waals surface area contributed by atoms with Gasteiger partial charge in [-0.25, -0.2) is 0 Å². The minimum atomic E-state index is 0.769. The molecule has 3 nitrogen and oxygen atoms in total. The summed E-state index contributed by atoms with van der Waals surface area (Å²) < 4.78 is 5.46. The van der Waals surface area contributed by atoms with Gasteiger partial charge in [-0.2, -0.15) is 0 Å². The van der Waals surface area contributed by atoms with E-state index in [1.807, 2.05) is 13.8 Å². The first-order valence-corrected chi connectivity index (χ1v) is 8.43. The average Bonchev–Trinajstić information content (AvgIpc) is 3.04. The summed E-state index contributed by atoms with van der Waals surface area (Å²) >= 11 is 0. The van der Waals surface area contributed by atoms with E-state index in [1.165, 1.54) is 37.3 Å². The Kier molecular flexibility index (Phi) is 6.52. The molecule has 0 amide bonds. The van der Waals surface area contributed by atoms with Crippen LogP contribution >= 0.6 is 0 Å². The summed E-state index contributed by atoms with van der Waals surface area (Å²) in [6, 6.07) is 8.90. The highest BCUT2D eigenvalue weighted by Crippen LogP contribution is 2.19. The maximum absolute atomic E-state index is 5.46. The lowest BCUT2D eigenvalue weighted by molar-refractivity contribution is 0.164. The summed E-state index contributed by atoms with van der Waals surface area (Å²) in [7, 11) is 0. The van der Waals surface area contributed by atoms with Gasteiger partial charge in [0.1, 0.15) is 0 Å². The Balaban J connectivity index is 0.000000774. The Morgan fingerprint density at radius 2 is 1.71 bits per heavy atom. The number of benzene rings is 1. The normalized spacial score (nSPS) is 22.8. The zero-order chi connectivity index (χ0) is 15.1. The van der Waals surface area contributed by atoms with Crippen molar-refractivity contribution < 1.29 is 4.74 Å². The second-order valence-electron chi connectivity index (χ2n) is 5.85. The lowest BCUT2D eigenvalue weighted by atomic mass is 10.1. The summed E-state index contributed by atoms with van der Waals surface area (Å²) in [5, 5.41) is 0. The molecule has 2 aliphatic heterocycles.